The summed E-state index contributed by atoms with van der Waals surface area (Å²) in [6.07, 6.45) is -26.0. The first kappa shape index (κ1) is 21.1. The van der Waals surface area contributed by atoms with Gasteiger partial charge in [-0.1, -0.05) is 0 Å². The van der Waals surface area contributed by atoms with Crippen LogP contribution in [-0.2, 0) is 12.6 Å². The van der Waals surface area contributed by atoms with Crippen molar-refractivity contribution >= 4 is 30.8 Å². The molecule has 0 aliphatic carbocycles. The molecule has 1 aliphatic rings. The summed E-state index contributed by atoms with van der Waals surface area (Å²) in [5.41, 5.74) is 1.10. The van der Waals surface area contributed by atoms with Gasteiger partial charge in [0.05, 0.1) is 6.27 Å². The molecule has 1 aromatic rings. The van der Waals surface area contributed by atoms with Crippen molar-refractivity contribution in [3.8, 4) is 0 Å². The molecular formula is C9H4B2F12N4. The van der Waals surface area contributed by atoms with E-state index in [-0.39, 0.29) is 24.8 Å². The number of hydrogen-bond donors (Lipinski definition) is 0. The number of nitrogens with zero attached hydrogens (tertiary/aromatic N) is 4. The molecule has 0 fully saturated rings. The molecule has 0 atom stereocenters. The molecule has 0 spiro atoms. The number of halogens is 12. The van der Waals surface area contributed by atoms with Gasteiger partial charge in [0, 0.05) is 0 Å². The smallest absolute Gasteiger partial charge is 0.454 e. The van der Waals surface area contributed by atoms with Crippen LogP contribution in [-0.4, -0.2) is 61.4 Å². The second-order valence-electron chi connectivity index (χ2n) is 5.01. The molecule has 0 saturated heterocycles. The zero-order valence-corrected chi connectivity index (χ0v) is 12.3. The van der Waals surface area contributed by atoms with Gasteiger partial charge in [0.25, 0.3) is 0 Å². The fraction of sp³-hybridized carbons (Fsp3) is 0.444. The maximum Gasteiger partial charge on any atom is 0.587 e. The summed E-state index contributed by atoms with van der Waals surface area (Å²) in [4.78, 5) is 0. The molecule has 0 aromatic carbocycles. The molecule has 18 heteroatoms. The first-order valence-electron chi connectivity index (χ1n) is 6.47. The maximum atomic E-state index is 12.9. The van der Waals surface area contributed by atoms with Crippen LogP contribution in [0.3, 0.4) is 0 Å². The number of rotatable bonds is 0. The van der Waals surface area contributed by atoms with Crippen LogP contribution in [0.2, 0.25) is 0 Å². The average molecular weight is 418 g/mol. The lowest BCUT2D eigenvalue weighted by atomic mass is 9.85. The Morgan fingerprint density at radius 2 is 0.963 bits per heavy atom. The molecule has 2 rings (SSSR count). The van der Waals surface area contributed by atoms with Gasteiger partial charge in [-0.2, -0.15) is 26.3 Å². The minimum atomic E-state index is -5.54. The van der Waals surface area contributed by atoms with E-state index < -0.39 is 56.0 Å². The predicted molar refractivity (Wildman–Crippen MR) is 66.3 cm³/mol. The van der Waals surface area contributed by atoms with E-state index in [1.807, 2.05) is 0 Å². The molecule has 4 nitrogen and oxygen atoms in total. The second kappa shape index (κ2) is 6.14. The van der Waals surface area contributed by atoms with Gasteiger partial charge in [-0.25, -0.2) is 0 Å². The van der Waals surface area contributed by atoms with E-state index in [1.54, 1.807) is 0 Å². The van der Waals surface area contributed by atoms with E-state index >= 15 is 0 Å². The molecule has 0 bridgehead atoms. The summed E-state index contributed by atoms with van der Waals surface area (Å²) >= 11 is 0. The quantitative estimate of drug-likeness (QED) is 0.350. The zero-order chi connectivity index (χ0) is 21.0. The van der Waals surface area contributed by atoms with Crippen LogP contribution in [0.15, 0.2) is 12.4 Å². The summed E-state index contributed by atoms with van der Waals surface area (Å²) < 4.78 is 150. The zero-order valence-electron chi connectivity index (χ0n) is 12.3. The van der Waals surface area contributed by atoms with Crippen LogP contribution in [0.1, 0.15) is 0 Å². The number of alkyl halides is 12. The summed E-state index contributed by atoms with van der Waals surface area (Å²) in [5.74, 6) is 0. The topological polar surface area (TPSA) is 15.9 Å². The standard InChI is InChI=1S/C9H4B2F12N4/c12-6(13,14)24-1-2-25(7(15,16)17)10(24)5-11-26(8(18,19)20)3-4-27(11)9(21,22)23/h1-4H. The Kier molecular flexibility index (Phi) is 4.79. The second-order valence-corrected chi connectivity index (χ2v) is 5.01. The predicted octanol–water partition coefficient (Wildman–Crippen LogP) is 2.32. The molecule has 0 unspecified atom stereocenters. The molecule has 1 aliphatic heterocycles. The highest BCUT2D eigenvalue weighted by molar-refractivity contribution is 6.70. The summed E-state index contributed by atoms with van der Waals surface area (Å²) in [6.45, 7) is -3.16. The Labute approximate surface area is 140 Å². The van der Waals surface area contributed by atoms with Gasteiger partial charge < -0.3 is 14.5 Å². The summed E-state index contributed by atoms with van der Waals surface area (Å²) in [5, 5.41) is 0. The maximum absolute atomic E-state index is 12.9. The van der Waals surface area contributed by atoms with Crippen molar-refractivity contribution in [3.05, 3.63) is 12.4 Å². The molecule has 0 N–H and O–H groups in total. The van der Waals surface area contributed by atoms with Crippen molar-refractivity contribution in [1.82, 2.24) is 8.95 Å². The van der Waals surface area contributed by atoms with Gasteiger partial charge in [-0.15, -0.1) is 26.3 Å². The Balaban J connectivity index is 3.02. The summed E-state index contributed by atoms with van der Waals surface area (Å²) in [6, 6.07) is 0. The fourth-order valence-electron chi connectivity index (χ4n) is 2.23. The monoisotopic (exact) mass is 418 g/mol. The SMILES string of the molecule is FC(F)(F)n1ccn(C(F)(F)F)[b-]1=C=[B-]1[N+](C(F)(F)F)=CC=[N+]1C(F)(F)F. The highest BCUT2D eigenvalue weighted by Crippen LogP contribution is 2.26. The highest BCUT2D eigenvalue weighted by atomic mass is 19.4. The highest BCUT2D eigenvalue weighted by Gasteiger charge is 2.52. The summed E-state index contributed by atoms with van der Waals surface area (Å²) in [7, 11) is 0. The third-order valence-corrected chi connectivity index (χ3v) is 3.30. The Bertz CT molecular complexity index is 846. The van der Waals surface area contributed by atoms with Crippen molar-refractivity contribution < 1.29 is 61.7 Å². The first-order chi connectivity index (χ1) is 11.9. The largest absolute Gasteiger partial charge is 0.587 e. The van der Waals surface area contributed by atoms with Crippen LogP contribution in [0.4, 0.5) is 52.7 Å². The molecule has 1 aromatic heterocycles. The Morgan fingerprint density at radius 1 is 0.630 bits per heavy atom. The molecule has 27 heavy (non-hydrogen) atoms. The van der Waals surface area contributed by atoms with Gasteiger partial charge in [-0.05, 0) is 12.4 Å². The van der Waals surface area contributed by atoms with Gasteiger partial charge in [0.1, 0.15) is 0 Å². The molecule has 150 valence electrons. The third kappa shape index (κ3) is 4.20. The number of aromatic nitrogens is 2. The van der Waals surface area contributed by atoms with Crippen LogP contribution in [0, 0.1) is 0 Å². The van der Waals surface area contributed by atoms with Crippen LogP contribution >= 0.6 is 0 Å². The lowest BCUT2D eigenvalue weighted by Crippen LogP contribution is -2.45. The molecule has 0 radical (unpaired) electrons. The Hall–Kier alpha value is -2.25. The van der Waals surface area contributed by atoms with E-state index in [4.69, 9.17) is 0 Å². The van der Waals surface area contributed by atoms with Gasteiger partial charge >= 0.3 is 31.8 Å². The molecule has 0 amide bonds. The van der Waals surface area contributed by atoms with Gasteiger partial charge in [0.15, 0.2) is 12.4 Å². The van der Waals surface area contributed by atoms with Crippen LogP contribution in [0.25, 0.3) is 0 Å². The normalized spacial score (nSPS) is 16.4. The molecule has 0 saturated carbocycles. The Morgan fingerprint density at radius 3 is 1.22 bits per heavy atom. The van der Waals surface area contributed by atoms with E-state index in [0.29, 0.717) is 0 Å². The van der Waals surface area contributed by atoms with Crippen LogP contribution in [0.5, 0.6) is 0 Å². The first-order valence-corrected chi connectivity index (χ1v) is 6.47. The van der Waals surface area contributed by atoms with Crippen molar-refractivity contribution in [1.29, 1.82) is 0 Å². The van der Waals surface area contributed by atoms with Crippen molar-refractivity contribution in [2.24, 2.45) is 0 Å². The minimum Gasteiger partial charge on any atom is -0.454 e. The van der Waals surface area contributed by atoms with Crippen molar-refractivity contribution in [2.45, 2.75) is 25.2 Å². The van der Waals surface area contributed by atoms with E-state index in [0.717, 1.165) is 5.51 Å². The minimum absolute atomic E-state index is 0.177. The third-order valence-electron chi connectivity index (χ3n) is 3.30. The van der Waals surface area contributed by atoms with E-state index in [1.165, 1.54) is 0 Å². The number of hydrogen-bond acceptors (Lipinski definition) is 0. The fourth-order valence-corrected chi connectivity index (χ4v) is 2.23. The van der Waals surface area contributed by atoms with Crippen LogP contribution < -0.4 is 0 Å². The van der Waals surface area contributed by atoms with E-state index in [9.17, 15) is 52.7 Å². The molecule has 2 heterocycles. The lowest BCUT2D eigenvalue weighted by Gasteiger charge is -2.21. The molecular weight excluding hydrogens is 414 g/mol. The van der Waals surface area contributed by atoms with Gasteiger partial charge in [-0.3, -0.25) is 8.97 Å². The lowest BCUT2D eigenvalue weighted by molar-refractivity contribution is -0.693. The van der Waals surface area contributed by atoms with Crippen molar-refractivity contribution in [2.75, 3.05) is 0 Å². The van der Waals surface area contributed by atoms with Crippen molar-refractivity contribution in [3.63, 3.8) is 0 Å². The average Bonchev–Trinajstić information content (AvgIpc) is 2.99. The van der Waals surface area contributed by atoms with Gasteiger partial charge in [0.2, 0.25) is 0 Å². The van der Waals surface area contributed by atoms with E-state index in [2.05, 4.69) is 0 Å².